The van der Waals surface area contributed by atoms with E-state index in [1.807, 2.05) is 56.1 Å². The highest BCUT2D eigenvalue weighted by Crippen LogP contribution is 2.24. The smallest absolute Gasteiger partial charge is 0.257 e. The number of benzene rings is 1. The van der Waals surface area contributed by atoms with Crippen molar-refractivity contribution in [2.75, 3.05) is 13.1 Å². The summed E-state index contributed by atoms with van der Waals surface area (Å²) in [5.41, 5.74) is 3.12. The number of carbonyl (C=O) groups excluding carboxylic acids is 2. The highest BCUT2D eigenvalue weighted by molar-refractivity contribution is 5.99. The number of likely N-dealkylation sites (tertiary alicyclic amines) is 1. The molecule has 0 atom stereocenters. The molecule has 24 heavy (non-hydrogen) atoms. The normalized spacial score (nSPS) is 15.5. The van der Waals surface area contributed by atoms with Crippen molar-refractivity contribution in [1.82, 2.24) is 14.7 Å². The van der Waals surface area contributed by atoms with Gasteiger partial charge in [-0.2, -0.15) is 5.10 Å². The Morgan fingerprint density at radius 3 is 2.25 bits per heavy atom. The average Bonchev–Trinajstić information content (AvgIpc) is 2.87. The van der Waals surface area contributed by atoms with Crippen LogP contribution in [0.25, 0.3) is 0 Å². The number of hydrogen-bond acceptors (Lipinski definition) is 3. The first-order chi connectivity index (χ1) is 11.5. The molecule has 0 unspecified atom stereocenters. The summed E-state index contributed by atoms with van der Waals surface area (Å²) in [6.45, 7) is 5.02. The van der Waals surface area contributed by atoms with Gasteiger partial charge in [0.05, 0.1) is 11.3 Å². The van der Waals surface area contributed by atoms with Crippen molar-refractivity contribution >= 4 is 11.7 Å². The van der Waals surface area contributed by atoms with Gasteiger partial charge in [0.2, 0.25) is 0 Å². The maximum atomic E-state index is 12.8. The summed E-state index contributed by atoms with van der Waals surface area (Å²) in [6, 6.07) is 9.42. The van der Waals surface area contributed by atoms with Gasteiger partial charge in [-0.05, 0) is 26.7 Å². The Morgan fingerprint density at radius 2 is 1.71 bits per heavy atom. The van der Waals surface area contributed by atoms with E-state index < -0.39 is 0 Å². The van der Waals surface area contributed by atoms with Crippen LogP contribution in [0, 0.1) is 19.8 Å². The van der Waals surface area contributed by atoms with E-state index in [1.165, 1.54) is 0 Å². The van der Waals surface area contributed by atoms with Crippen molar-refractivity contribution in [1.29, 1.82) is 0 Å². The topological polar surface area (TPSA) is 55.2 Å². The highest BCUT2D eigenvalue weighted by atomic mass is 16.2. The van der Waals surface area contributed by atoms with Crippen LogP contribution in [0.2, 0.25) is 0 Å². The zero-order valence-corrected chi connectivity index (χ0v) is 14.5. The number of aryl methyl sites for hydroxylation is 2. The quantitative estimate of drug-likeness (QED) is 0.815. The molecule has 2 aromatic rings. The zero-order chi connectivity index (χ0) is 17.3. The van der Waals surface area contributed by atoms with Crippen LogP contribution < -0.4 is 0 Å². The summed E-state index contributed by atoms with van der Waals surface area (Å²) in [6.07, 6.45) is 1.44. The van der Waals surface area contributed by atoms with E-state index in [1.54, 1.807) is 4.68 Å². The van der Waals surface area contributed by atoms with Gasteiger partial charge in [0.25, 0.3) is 5.91 Å². The Kier molecular flexibility index (Phi) is 4.51. The van der Waals surface area contributed by atoms with Crippen molar-refractivity contribution < 1.29 is 9.59 Å². The van der Waals surface area contributed by atoms with E-state index in [0.717, 1.165) is 29.8 Å². The Morgan fingerprint density at radius 1 is 1.08 bits per heavy atom. The lowest BCUT2D eigenvalue weighted by atomic mass is 9.88. The minimum atomic E-state index is 0.00698. The standard InChI is InChI=1S/C19H23N3O2/c1-13-17(14(2)21(3)20-13)19(24)22-11-9-16(10-12-22)18(23)15-7-5-4-6-8-15/h4-8,16H,9-12H2,1-3H3. The van der Waals surface area contributed by atoms with Gasteiger partial charge in [-0.15, -0.1) is 0 Å². The van der Waals surface area contributed by atoms with Crippen molar-refractivity contribution in [2.24, 2.45) is 13.0 Å². The van der Waals surface area contributed by atoms with Crippen molar-refractivity contribution in [3.63, 3.8) is 0 Å². The van der Waals surface area contributed by atoms with E-state index in [2.05, 4.69) is 5.10 Å². The Labute approximate surface area is 142 Å². The Balaban J connectivity index is 1.67. The highest BCUT2D eigenvalue weighted by Gasteiger charge is 2.30. The summed E-state index contributed by atoms with van der Waals surface area (Å²) in [5.74, 6) is 0.229. The maximum Gasteiger partial charge on any atom is 0.257 e. The molecular formula is C19H23N3O2. The van der Waals surface area contributed by atoms with Crippen LogP contribution >= 0.6 is 0 Å². The number of piperidine rings is 1. The van der Waals surface area contributed by atoms with Gasteiger partial charge in [-0.1, -0.05) is 30.3 Å². The minimum absolute atomic E-state index is 0.00698. The fourth-order valence-corrected chi connectivity index (χ4v) is 3.42. The fourth-order valence-electron chi connectivity index (χ4n) is 3.42. The molecule has 5 nitrogen and oxygen atoms in total. The molecule has 0 N–H and O–H groups in total. The molecule has 0 bridgehead atoms. The van der Waals surface area contributed by atoms with Crippen molar-refractivity contribution in [2.45, 2.75) is 26.7 Å². The molecule has 1 aromatic heterocycles. The molecule has 3 rings (SSSR count). The second-order valence-electron chi connectivity index (χ2n) is 6.47. The third-order valence-corrected chi connectivity index (χ3v) is 4.93. The second kappa shape index (κ2) is 6.59. The molecular weight excluding hydrogens is 302 g/mol. The molecule has 5 heteroatoms. The third kappa shape index (κ3) is 2.98. The largest absolute Gasteiger partial charge is 0.338 e. The monoisotopic (exact) mass is 325 g/mol. The molecule has 1 amide bonds. The van der Waals surface area contributed by atoms with Gasteiger partial charge < -0.3 is 4.90 Å². The van der Waals surface area contributed by atoms with Crippen LogP contribution in [0.4, 0.5) is 0 Å². The van der Waals surface area contributed by atoms with Gasteiger partial charge in [0.1, 0.15) is 0 Å². The summed E-state index contributed by atoms with van der Waals surface area (Å²) in [4.78, 5) is 27.2. The predicted molar refractivity (Wildman–Crippen MR) is 92.1 cm³/mol. The number of ketones is 1. The SMILES string of the molecule is Cc1nn(C)c(C)c1C(=O)N1CCC(C(=O)c2ccccc2)CC1. The Bertz CT molecular complexity index is 756. The molecule has 0 aliphatic carbocycles. The number of carbonyl (C=O) groups is 2. The summed E-state index contributed by atoms with van der Waals surface area (Å²) < 4.78 is 1.74. The van der Waals surface area contributed by atoms with Gasteiger partial charge >= 0.3 is 0 Å². The molecule has 0 radical (unpaired) electrons. The zero-order valence-electron chi connectivity index (χ0n) is 14.5. The predicted octanol–water partition coefficient (Wildman–Crippen LogP) is 2.77. The number of aromatic nitrogens is 2. The van der Waals surface area contributed by atoms with Crippen LogP contribution in [0.1, 0.15) is 44.9 Å². The lowest BCUT2D eigenvalue weighted by molar-refractivity contribution is 0.0649. The second-order valence-corrected chi connectivity index (χ2v) is 6.47. The van der Waals surface area contributed by atoms with Gasteiger partial charge in [0, 0.05) is 37.3 Å². The van der Waals surface area contributed by atoms with E-state index in [-0.39, 0.29) is 17.6 Å². The van der Waals surface area contributed by atoms with Gasteiger partial charge in [-0.3, -0.25) is 14.3 Å². The van der Waals surface area contributed by atoms with Crippen LogP contribution in [-0.2, 0) is 7.05 Å². The number of nitrogens with zero attached hydrogens (tertiary/aromatic N) is 3. The summed E-state index contributed by atoms with van der Waals surface area (Å²) in [5, 5.41) is 4.32. The summed E-state index contributed by atoms with van der Waals surface area (Å²) in [7, 11) is 1.85. The first-order valence-electron chi connectivity index (χ1n) is 8.37. The van der Waals surface area contributed by atoms with Crippen LogP contribution in [0.5, 0.6) is 0 Å². The molecule has 1 fully saturated rings. The van der Waals surface area contributed by atoms with Crippen molar-refractivity contribution in [3.05, 3.63) is 52.8 Å². The molecule has 126 valence electrons. The lowest BCUT2D eigenvalue weighted by Gasteiger charge is -2.31. The molecule has 0 saturated carbocycles. The van der Waals surface area contributed by atoms with Gasteiger partial charge in [-0.25, -0.2) is 0 Å². The first-order valence-corrected chi connectivity index (χ1v) is 8.37. The molecule has 1 aromatic carbocycles. The van der Waals surface area contributed by atoms with E-state index in [9.17, 15) is 9.59 Å². The number of Topliss-reactive ketones (excluding diaryl/α,β-unsaturated/α-hetero) is 1. The first kappa shape index (κ1) is 16.4. The minimum Gasteiger partial charge on any atom is -0.338 e. The van der Waals surface area contributed by atoms with E-state index in [4.69, 9.17) is 0 Å². The third-order valence-electron chi connectivity index (χ3n) is 4.93. The molecule has 1 aliphatic rings. The van der Waals surface area contributed by atoms with E-state index >= 15 is 0 Å². The van der Waals surface area contributed by atoms with E-state index in [0.29, 0.717) is 18.7 Å². The van der Waals surface area contributed by atoms with Crippen LogP contribution in [-0.4, -0.2) is 39.5 Å². The number of rotatable bonds is 3. The maximum absolute atomic E-state index is 12.8. The number of hydrogen-bond donors (Lipinski definition) is 0. The van der Waals surface area contributed by atoms with Crippen molar-refractivity contribution in [3.8, 4) is 0 Å². The van der Waals surface area contributed by atoms with Gasteiger partial charge in [0.15, 0.2) is 5.78 Å². The lowest BCUT2D eigenvalue weighted by Crippen LogP contribution is -2.40. The molecule has 0 spiro atoms. The Hall–Kier alpha value is -2.43. The van der Waals surface area contributed by atoms with Crippen LogP contribution in [0.15, 0.2) is 30.3 Å². The molecule has 2 heterocycles. The fraction of sp³-hybridized carbons (Fsp3) is 0.421. The average molecular weight is 325 g/mol. The molecule has 1 aliphatic heterocycles. The molecule has 1 saturated heterocycles. The van der Waals surface area contributed by atoms with Crippen LogP contribution in [0.3, 0.4) is 0 Å². The summed E-state index contributed by atoms with van der Waals surface area (Å²) >= 11 is 0. The number of amides is 1.